The molecule has 0 aliphatic heterocycles. The van der Waals surface area contributed by atoms with E-state index in [4.69, 9.17) is 0 Å². The van der Waals surface area contributed by atoms with Crippen molar-refractivity contribution in [2.24, 2.45) is 5.41 Å². The molecule has 1 heterocycles. The minimum atomic E-state index is -0.962. The Morgan fingerprint density at radius 2 is 1.77 bits per heavy atom. The maximum absolute atomic E-state index is 14.8. The molecule has 1 aliphatic rings. The first-order valence-electron chi connectivity index (χ1n) is 9.02. The van der Waals surface area contributed by atoms with Gasteiger partial charge in [0.1, 0.15) is 11.2 Å². The highest BCUT2D eigenvalue weighted by Gasteiger charge is 2.31. The van der Waals surface area contributed by atoms with Gasteiger partial charge in [0.25, 0.3) is 0 Å². The zero-order valence-corrected chi connectivity index (χ0v) is 15.0. The molecular formula is C21H22F2N2O. The Morgan fingerprint density at radius 1 is 1.12 bits per heavy atom. The number of nitrogens with zero attached hydrogens (tertiary/aromatic N) is 2. The number of fused-ring (bicyclic) bond motifs is 1. The van der Waals surface area contributed by atoms with Gasteiger partial charge in [-0.25, -0.2) is 8.78 Å². The predicted molar refractivity (Wildman–Crippen MR) is 98.0 cm³/mol. The maximum atomic E-state index is 14.8. The molecule has 136 valence electrons. The van der Waals surface area contributed by atoms with Gasteiger partial charge in [0, 0.05) is 10.9 Å². The van der Waals surface area contributed by atoms with Crippen molar-refractivity contribution in [1.82, 2.24) is 9.78 Å². The molecule has 1 fully saturated rings. The van der Waals surface area contributed by atoms with Crippen LogP contribution in [0.15, 0.2) is 36.4 Å². The van der Waals surface area contributed by atoms with Gasteiger partial charge >= 0.3 is 0 Å². The van der Waals surface area contributed by atoms with Gasteiger partial charge in [0.05, 0.1) is 6.04 Å². The third kappa shape index (κ3) is 2.75. The molecule has 0 atom stereocenters. The lowest BCUT2D eigenvalue weighted by Gasteiger charge is -2.34. The smallest absolute Gasteiger partial charge is 0.193 e. The highest BCUT2D eigenvalue weighted by atomic mass is 19.1. The van der Waals surface area contributed by atoms with E-state index in [-0.39, 0.29) is 17.0 Å². The predicted octanol–water partition coefficient (Wildman–Crippen LogP) is 5.83. The van der Waals surface area contributed by atoms with Crippen LogP contribution in [0.3, 0.4) is 0 Å². The molecule has 1 aliphatic carbocycles. The van der Waals surface area contributed by atoms with Crippen LogP contribution in [0.2, 0.25) is 0 Å². The average Bonchev–Trinajstić information content (AvgIpc) is 3.00. The molecule has 0 bridgehead atoms. The number of phenolic OH excluding ortho intramolecular Hbond substituents is 1. The minimum Gasteiger partial charge on any atom is -0.503 e. The lowest BCUT2D eigenvalue weighted by atomic mass is 9.75. The molecule has 5 heteroatoms. The molecule has 1 aromatic heterocycles. The number of aromatic nitrogens is 2. The lowest BCUT2D eigenvalue weighted by molar-refractivity contribution is 0.188. The summed E-state index contributed by atoms with van der Waals surface area (Å²) in [6.07, 6.45) is 3.81. The first-order valence-corrected chi connectivity index (χ1v) is 9.02. The molecule has 0 spiro atoms. The normalized spacial score (nSPS) is 17.7. The highest BCUT2D eigenvalue weighted by molar-refractivity contribution is 5.94. The van der Waals surface area contributed by atoms with Crippen LogP contribution in [0.5, 0.6) is 5.75 Å². The third-order valence-corrected chi connectivity index (χ3v) is 5.56. The SMILES string of the molecule is CC1(C)CCC(n2nc(-c3ccccc3)c3cc(F)c(O)c(F)c32)CC1. The molecule has 0 amide bonds. The summed E-state index contributed by atoms with van der Waals surface area (Å²) in [5.74, 6) is -2.83. The molecule has 1 N–H and O–H groups in total. The second-order valence-corrected chi connectivity index (χ2v) is 7.97. The average molecular weight is 356 g/mol. The monoisotopic (exact) mass is 356 g/mol. The second-order valence-electron chi connectivity index (χ2n) is 7.97. The zero-order chi connectivity index (χ0) is 18.5. The van der Waals surface area contributed by atoms with Crippen molar-refractivity contribution in [2.75, 3.05) is 0 Å². The molecule has 0 radical (unpaired) electrons. The largest absolute Gasteiger partial charge is 0.503 e. The summed E-state index contributed by atoms with van der Waals surface area (Å²) >= 11 is 0. The van der Waals surface area contributed by atoms with Gasteiger partial charge in [-0.2, -0.15) is 5.10 Å². The summed E-state index contributed by atoms with van der Waals surface area (Å²) in [6.45, 7) is 4.48. The van der Waals surface area contributed by atoms with Gasteiger partial charge < -0.3 is 5.11 Å². The van der Waals surface area contributed by atoms with E-state index in [0.29, 0.717) is 11.1 Å². The lowest BCUT2D eigenvalue weighted by Crippen LogP contribution is -2.24. The van der Waals surface area contributed by atoms with Gasteiger partial charge in [-0.15, -0.1) is 0 Å². The van der Waals surface area contributed by atoms with Crippen LogP contribution in [-0.4, -0.2) is 14.9 Å². The van der Waals surface area contributed by atoms with Crippen molar-refractivity contribution >= 4 is 10.9 Å². The Bertz CT molecular complexity index is 953. The Hall–Kier alpha value is -2.43. The molecule has 26 heavy (non-hydrogen) atoms. The quantitative estimate of drug-likeness (QED) is 0.627. The molecule has 0 saturated heterocycles. The van der Waals surface area contributed by atoms with E-state index >= 15 is 0 Å². The summed E-state index contributed by atoms with van der Waals surface area (Å²) < 4.78 is 30.5. The fourth-order valence-electron chi connectivity index (χ4n) is 3.92. The van der Waals surface area contributed by atoms with Crippen LogP contribution in [-0.2, 0) is 0 Å². The fourth-order valence-corrected chi connectivity index (χ4v) is 3.92. The molecule has 3 nitrogen and oxygen atoms in total. The fraction of sp³-hybridized carbons (Fsp3) is 0.381. The van der Waals surface area contributed by atoms with E-state index < -0.39 is 17.4 Å². The summed E-state index contributed by atoms with van der Waals surface area (Å²) in [6, 6.07) is 10.6. The highest BCUT2D eigenvalue weighted by Crippen LogP contribution is 2.43. The standard InChI is InChI=1S/C21H22F2N2O/c1-21(2)10-8-14(9-11-21)25-19-15(12-16(22)20(26)17(19)23)18(24-25)13-6-4-3-5-7-13/h3-7,12,14,26H,8-11H2,1-2H3. The van der Waals surface area contributed by atoms with Crippen LogP contribution in [0.1, 0.15) is 45.6 Å². The van der Waals surface area contributed by atoms with E-state index in [1.54, 1.807) is 4.68 Å². The number of hydrogen-bond acceptors (Lipinski definition) is 2. The van der Waals surface area contributed by atoms with Crippen molar-refractivity contribution in [2.45, 2.75) is 45.6 Å². The van der Waals surface area contributed by atoms with E-state index in [9.17, 15) is 13.9 Å². The van der Waals surface area contributed by atoms with Crippen molar-refractivity contribution in [3.05, 3.63) is 48.0 Å². The summed E-state index contributed by atoms with van der Waals surface area (Å²) in [4.78, 5) is 0. The van der Waals surface area contributed by atoms with Gasteiger partial charge in [0.15, 0.2) is 17.4 Å². The first kappa shape index (κ1) is 17.0. The molecule has 3 aromatic rings. The second kappa shape index (κ2) is 6.08. The molecular weight excluding hydrogens is 334 g/mol. The van der Waals surface area contributed by atoms with Gasteiger partial charge in [-0.3, -0.25) is 4.68 Å². The van der Waals surface area contributed by atoms with E-state index in [2.05, 4.69) is 18.9 Å². The third-order valence-electron chi connectivity index (χ3n) is 5.56. The Kier molecular flexibility index (Phi) is 3.98. The number of halogens is 2. The Morgan fingerprint density at radius 3 is 2.42 bits per heavy atom. The van der Waals surface area contributed by atoms with Crippen LogP contribution in [0.25, 0.3) is 22.2 Å². The van der Waals surface area contributed by atoms with Crippen LogP contribution >= 0.6 is 0 Å². The van der Waals surface area contributed by atoms with E-state index in [1.807, 2.05) is 30.3 Å². The maximum Gasteiger partial charge on any atom is 0.193 e. The molecule has 0 unspecified atom stereocenters. The molecule has 4 rings (SSSR count). The summed E-state index contributed by atoms with van der Waals surface area (Å²) in [5, 5.41) is 14.9. The van der Waals surface area contributed by atoms with Crippen LogP contribution < -0.4 is 0 Å². The van der Waals surface area contributed by atoms with E-state index in [0.717, 1.165) is 31.2 Å². The Labute approximate surface area is 151 Å². The topological polar surface area (TPSA) is 38.0 Å². The number of benzene rings is 2. The van der Waals surface area contributed by atoms with Gasteiger partial charge in [0.2, 0.25) is 0 Å². The van der Waals surface area contributed by atoms with Gasteiger partial charge in [-0.05, 0) is 37.2 Å². The summed E-state index contributed by atoms with van der Waals surface area (Å²) in [5.41, 5.74) is 1.81. The Balaban J connectivity index is 1.92. The van der Waals surface area contributed by atoms with Crippen molar-refractivity contribution < 1.29 is 13.9 Å². The van der Waals surface area contributed by atoms with Crippen molar-refractivity contribution in [3.8, 4) is 17.0 Å². The minimum absolute atomic E-state index is 0.0438. The number of phenols is 1. The zero-order valence-electron chi connectivity index (χ0n) is 15.0. The number of rotatable bonds is 2. The number of aromatic hydroxyl groups is 1. The first-order chi connectivity index (χ1) is 12.4. The van der Waals surface area contributed by atoms with Crippen LogP contribution in [0.4, 0.5) is 8.78 Å². The molecule has 2 aromatic carbocycles. The van der Waals surface area contributed by atoms with E-state index in [1.165, 1.54) is 6.07 Å². The van der Waals surface area contributed by atoms with Crippen LogP contribution in [0, 0.1) is 17.0 Å². The number of hydrogen-bond donors (Lipinski definition) is 1. The van der Waals surface area contributed by atoms with Crippen molar-refractivity contribution in [1.29, 1.82) is 0 Å². The van der Waals surface area contributed by atoms with Gasteiger partial charge in [-0.1, -0.05) is 44.2 Å². The summed E-state index contributed by atoms with van der Waals surface area (Å²) in [7, 11) is 0. The van der Waals surface area contributed by atoms with Crippen molar-refractivity contribution in [3.63, 3.8) is 0 Å². The molecule has 1 saturated carbocycles.